The summed E-state index contributed by atoms with van der Waals surface area (Å²) in [7, 11) is 0. The Hall–Kier alpha value is -4.82. The van der Waals surface area contributed by atoms with Gasteiger partial charge < -0.3 is 36.8 Å². The van der Waals surface area contributed by atoms with Crippen molar-refractivity contribution >= 4 is 53.8 Å². The molecule has 2 unspecified atom stereocenters. The SMILES string of the molecule is CC(C)C[C@H](NC(=O)c1ccc(NCC2CC(S)CN2)cc1-c1ccccc1)C(=O)O.CC[C@H](CC1CCCCC1)NCc1ccc(C(=O)N[C@@H](CCSC)C(=O)O)c(-c2ccccc2C)c1. The minimum Gasteiger partial charge on any atom is -0.480 e. The first kappa shape index (κ1) is 53.1. The lowest BCUT2D eigenvalue weighted by atomic mass is 9.84. The van der Waals surface area contributed by atoms with Gasteiger partial charge in [0, 0.05) is 53.8 Å². The third kappa shape index (κ3) is 16.7. The van der Waals surface area contributed by atoms with Gasteiger partial charge in [0.15, 0.2) is 0 Å². The van der Waals surface area contributed by atoms with Crippen molar-refractivity contribution in [3.63, 3.8) is 0 Å². The minimum atomic E-state index is -1.02. The first-order chi connectivity index (χ1) is 32.3. The van der Waals surface area contributed by atoms with Gasteiger partial charge in [-0.05, 0) is 127 Å². The molecule has 0 aromatic heterocycles. The smallest absolute Gasteiger partial charge is 0.326 e. The second-order valence-electron chi connectivity index (χ2n) is 18.6. The Morgan fingerprint density at radius 1 is 0.806 bits per heavy atom. The Morgan fingerprint density at radius 2 is 1.46 bits per heavy atom. The summed E-state index contributed by atoms with van der Waals surface area (Å²) < 4.78 is 0. The molecule has 7 N–H and O–H groups in total. The first-order valence-electron chi connectivity index (χ1n) is 24.1. The van der Waals surface area contributed by atoms with Crippen molar-refractivity contribution in [2.75, 3.05) is 30.4 Å². The lowest BCUT2D eigenvalue weighted by Crippen LogP contribution is -2.41. The van der Waals surface area contributed by atoms with Gasteiger partial charge in [-0.1, -0.05) is 114 Å². The normalized spacial score (nSPS) is 17.4. The number of carboxylic acids is 2. The van der Waals surface area contributed by atoms with E-state index < -0.39 is 24.0 Å². The van der Waals surface area contributed by atoms with Gasteiger partial charge in [-0.3, -0.25) is 9.59 Å². The van der Waals surface area contributed by atoms with E-state index in [1.165, 1.54) is 38.5 Å². The van der Waals surface area contributed by atoms with Crippen LogP contribution in [0.25, 0.3) is 22.3 Å². The van der Waals surface area contributed by atoms with Crippen LogP contribution >= 0.6 is 24.4 Å². The van der Waals surface area contributed by atoms with Crippen LogP contribution in [0.3, 0.4) is 0 Å². The quantitative estimate of drug-likeness (QED) is 0.0355. The fraction of sp³-hybridized carbons (Fsp3) is 0.481. The number of hydrogen-bond acceptors (Lipinski definition) is 9. The molecule has 67 heavy (non-hydrogen) atoms. The van der Waals surface area contributed by atoms with Crippen molar-refractivity contribution in [3.8, 4) is 22.3 Å². The van der Waals surface area contributed by atoms with Crippen molar-refractivity contribution < 1.29 is 29.4 Å². The van der Waals surface area contributed by atoms with E-state index in [0.717, 1.165) is 77.5 Å². The number of carbonyl (C=O) groups is 4. The van der Waals surface area contributed by atoms with E-state index in [9.17, 15) is 29.4 Å². The highest BCUT2D eigenvalue weighted by atomic mass is 32.2. The van der Waals surface area contributed by atoms with Gasteiger partial charge in [0.05, 0.1) is 0 Å². The highest BCUT2D eigenvalue weighted by molar-refractivity contribution is 7.98. The molecule has 4 aromatic carbocycles. The lowest BCUT2D eigenvalue weighted by molar-refractivity contribution is -0.140. The van der Waals surface area contributed by atoms with Crippen molar-refractivity contribution in [2.45, 2.75) is 128 Å². The summed E-state index contributed by atoms with van der Waals surface area (Å²) in [6.45, 7) is 10.6. The van der Waals surface area contributed by atoms with Crippen molar-refractivity contribution in [2.24, 2.45) is 11.8 Å². The third-order valence-corrected chi connectivity index (χ3v) is 13.9. The number of thioether (sulfide) groups is 1. The van der Waals surface area contributed by atoms with Crippen LogP contribution in [0.2, 0.25) is 0 Å². The van der Waals surface area contributed by atoms with Crippen LogP contribution in [0.15, 0.2) is 91.0 Å². The molecule has 0 spiro atoms. The molecule has 1 aliphatic heterocycles. The molecule has 6 rings (SSSR count). The van der Waals surface area contributed by atoms with Gasteiger partial charge in [0.2, 0.25) is 0 Å². The number of benzene rings is 4. The first-order valence-corrected chi connectivity index (χ1v) is 26.0. The molecule has 362 valence electrons. The molecule has 0 radical (unpaired) electrons. The largest absolute Gasteiger partial charge is 0.480 e. The lowest BCUT2D eigenvalue weighted by Gasteiger charge is -2.27. The zero-order chi connectivity index (χ0) is 48.3. The van der Waals surface area contributed by atoms with Crippen LogP contribution in [0, 0.1) is 18.8 Å². The monoisotopic (exact) mass is 952 g/mol. The van der Waals surface area contributed by atoms with Crippen molar-refractivity contribution in [1.29, 1.82) is 0 Å². The minimum absolute atomic E-state index is 0.155. The van der Waals surface area contributed by atoms with Gasteiger partial charge in [-0.15, -0.1) is 0 Å². The van der Waals surface area contributed by atoms with E-state index in [2.05, 4.69) is 52.2 Å². The molecule has 2 aliphatic rings. The van der Waals surface area contributed by atoms with Crippen LogP contribution in [0.4, 0.5) is 5.69 Å². The molecule has 13 heteroatoms. The topological polar surface area (TPSA) is 169 Å². The second-order valence-corrected chi connectivity index (χ2v) is 20.3. The zero-order valence-electron chi connectivity index (χ0n) is 40.0. The molecule has 11 nitrogen and oxygen atoms in total. The summed E-state index contributed by atoms with van der Waals surface area (Å²) in [5, 5.41) is 35.6. The van der Waals surface area contributed by atoms with Gasteiger partial charge >= 0.3 is 11.9 Å². The summed E-state index contributed by atoms with van der Waals surface area (Å²) in [5.41, 5.74) is 7.61. The number of aryl methyl sites for hydroxylation is 1. The predicted molar refractivity (Wildman–Crippen MR) is 279 cm³/mol. The van der Waals surface area contributed by atoms with Crippen molar-refractivity contribution in [3.05, 3.63) is 113 Å². The van der Waals surface area contributed by atoms with E-state index in [4.69, 9.17) is 0 Å². The van der Waals surface area contributed by atoms with Gasteiger partial charge in [0.25, 0.3) is 11.8 Å². The van der Waals surface area contributed by atoms with Gasteiger partial charge in [0.1, 0.15) is 12.1 Å². The highest BCUT2D eigenvalue weighted by Gasteiger charge is 2.26. The molecule has 2 amide bonds. The van der Waals surface area contributed by atoms with Crippen LogP contribution in [-0.2, 0) is 16.1 Å². The number of anilines is 1. The Bertz CT molecular complexity index is 2220. The maximum atomic E-state index is 13.3. The number of carboxylic acid groups (broad SMARTS) is 2. The fourth-order valence-corrected chi connectivity index (χ4v) is 9.87. The summed E-state index contributed by atoms with van der Waals surface area (Å²) in [6, 6.07) is 28.2. The van der Waals surface area contributed by atoms with Crippen molar-refractivity contribution in [1.82, 2.24) is 21.3 Å². The molecule has 5 atom stereocenters. The Balaban J connectivity index is 0.000000254. The van der Waals surface area contributed by atoms with E-state index in [1.807, 2.05) is 106 Å². The molecule has 1 saturated carbocycles. The summed E-state index contributed by atoms with van der Waals surface area (Å²) in [6.07, 6.45) is 12.9. The van der Waals surface area contributed by atoms with Crippen LogP contribution < -0.4 is 26.6 Å². The summed E-state index contributed by atoms with van der Waals surface area (Å²) >= 11 is 6.09. The molecule has 1 heterocycles. The maximum absolute atomic E-state index is 13.3. The number of thiol groups is 1. The average molecular weight is 952 g/mol. The number of nitrogens with one attached hydrogen (secondary N) is 5. The Kier molecular flexibility index (Phi) is 21.6. The van der Waals surface area contributed by atoms with E-state index in [0.29, 0.717) is 47.1 Å². The molecular formula is C54H73N5O6S2. The molecular weight excluding hydrogens is 879 g/mol. The molecule has 0 bridgehead atoms. The second kappa shape index (κ2) is 27.2. The summed E-state index contributed by atoms with van der Waals surface area (Å²) in [4.78, 5) is 49.6. The van der Waals surface area contributed by atoms with Gasteiger partial charge in [-0.2, -0.15) is 24.4 Å². The molecule has 1 saturated heterocycles. The third-order valence-electron chi connectivity index (χ3n) is 12.8. The van der Waals surface area contributed by atoms with Crippen LogP contribution in [-0.4, -0.2) is 88.5 Å². The van der Waals surface area contributed by atoms with Gasteiger partial charge in [-0.25, -0.2) is 9.59 Å². The van der Waals surface area contributed by atoms with Crippen LogP contribution in [0.1, 0.15) is 117 Å². The number of carbonyl (C=O) groups excluding carboxylic acids is 2. The summed E-state index contributed by atoms with van der Waals surface area (Å²) in [5.74, 6) is -1.08. The van der Waals surface area contributed by atoms with E-state index in [1.54, 1.807) is 17.8 Å². The number of aliphatic carboxylic acids is 2. The maximum Gasteiger partial charge on any atom is 0.326 e. The Labute approximate surface area is 408 Å². The predicted octanol–water partition coefficient (Wildman–Crippen LogP) is 10.1. The zero-order valence-corrected chi connectivity index (χ0v) is 41.7. The highest BCUT2D eigenvalue weighted by Crippen LogP contribution is 2.31. The van der Waals surface area contributed by atoms with E-state index >= 15 is 0 Å². The Morgan fingerprint density at radius 3 is 2.09 bits per heavy atom. The number of rotatable bonds is 22. The number of hydrogen-bond donors (Lipinski definition) is 8. The molecule has 1 aliphatic carbocycles. The van der Waals surface area contributed by atoms with E-state index in [-0.39, 0.29) is 17.7 Å². The number of amides is 2. The molecule has 2 fully saturated rings. The standard InChI is InChI=1S/C30H42N2O3S.C24H31N3O3S/c1-4-24(18-22-11-6-5-7-12-22)31-20-23-14-15-26(27(19-23)25-13-9-8-10-21(25)2)29(33)32-28(30(34)35)16-17-36-3;1-15(2)10-22(24(29)30)27-23(28)20-9-8-17(25-13-18-11-19(31)14-26-18)12-21(20)16-6-4-3-5-7-16/h8-10,13-15,19,22,24,28,31H,4-7,11-12,16-18,20H2,1-3H3,(H,32,33)(H,34,35);3-9,12,15,18-19,22,25-26,31H,10-11,13-14H2,1-2H3,(H,27,28)(H,29,30)/t24-,28+;18?,19?,22-/m10/s1. The molecule has 4 aromatic rings. The van der Waals surface area contributed by atoms with Crippen LogP contribution in [0.5, 0.6) is 0 Å². The fourth-order valence-electron chi connectivity index (χ4n) is 9.04. The average Bonchev–Trinajstić information content (AvgIpc) is 3.75.